The van der Waals surface area contributed by atoms with Gasteiger partial charge in [-0.15, -0.1) is 0 Å². The Morgan fingerprint density at radius 2 is 1.77 bits per heavy atom. The van der Waals surface area contributed by atoms with Crippen LogP contribution < -0.4 is 8.84 Å². The van der Waals surface area contributed by atoms with E-state index in [1.54, 1.807) is 0 Å². The lowest BCUT2D eigenvalue weighted by atomic mass is 10.2. The van der Waals surface area contributed by atoms with E-state index in [-0.39, 0.29) is 0 Å². The molecule has 0 aliphatic rings. The first-order valence-corrected chi connectivity index (χ1v) is 4.59. The Kier molecular flexibility index (Phi) is 3.28. The molecule has 0 spiro atoms. The summed E-state index contributed by atoms with van der Waals surface area (Å²) in [5.41, 5.74) is 3.00. The Labute approximate surface area is 88.9 Å². The normalized spacial score (nSPS) is 9.92. The van der Waals surface area contributed by atoms with E-state index in [9.17, 15) is 0 Å². The van der Waals surface area contributed by atoms with Crippen LogP contribution >= 0.6 is 23.6 Å². The molecular weight excluding hydrogens is 207 g/mol. The highest BCUT2D eigenvalue weighted by Gasteiger charge is 2.05. The van der Waals surface area contributed by atoms with Gasteiger partial charge in [-0.25, -0.2) is 0 Å². The van der Waals surface area contributed by atoms with Crippen LogP contribution in [0, 0.1) is 6.92 Å². The van der Waals surface area contributed by atoms with Gasteiger partial charge in [-0.3, -0.25) is 0 Å². The quantitative estimate of drug-likeness (QED) is 0.705. The first-order chi connectivity index (χ1) is 6.02. The molecule has 0 fully saturated rings. The van der Waals surface area contributed by atoms with Gasteiger partial charge in [-0.2, -0.15) is 3.94 Å². The van der Waals surface area contributed by atoms with Crippen LogP contribution in [-0.2, 0) is 0 Å². The van der Waals surface area contributed by atoms with Gasteiger partial charge in [0.1, 0.15) is 0 Å². The Morgan fingerprint density at radius 1 is 1.15 bits per heavy atom. The summed E-state index contributed by atoms with van der Waals surface area (Å²) < 4.78 is 1.08. The third-order valence-electron chi connectivity index (χ3n) is 1.88. The van der Waals surface area contributed by atoms with E-state index >= 15 is 0 Å². The molecule has 0 amide bonds. The highest BCUT2D eigenvalue weighted by atomic mass is 35.5. The van der Waals surface area contributed by atoms with Gasteiger partial charge in [0.25, 0.3) is 0 Å². The molecule has 1 rings (SSSR count). The van der Waals surface area contributed by atoms with Crippen molar-refractivity contribution >= 4 is 34.9 Å². The van der Waals surface area contributed by atoms with Gasteiger partial charge >= 0.3 is 0 Å². The molecule has 0 saturated carbocycles. The minimum absolute atomic E-state index is 0.814. The lowest BCUT2D eigenvalue weighted by Crippen LogP contribution is -2.09. The standard InChI is InChI=1S/C9H12Cl2N2/c1-7-6-8(12(2)3)4-5-9(7)13(10)11/h4-6H,1-3H3. The molecule has 72 valence electrons. The van der Waals surface area contributed by atoms with Crippen molar-refractivity contribution in [2.75, 3.05) is 22.9 Å². The van der Waals surface area contributed by atoms with E-state index in [0.29, 0.717) is 0 Å². The van der Waals surface area contributed by atoms with E-state index in [0.717, 1.165) is 20.9 Å². The topological polar surface area (TPSA) is 6.48 Å². The molecule has 0 aromatic heterocycles. The molecule has 0 bridgehead atoms. The van der Waals surface area contributed by atoms with Crippen molar-refractivity contribution in [2.45, 2.75) is 6.92 Å². The largest absolute Gasteiger partial charge is 0.378 e. The van der Waals surface area contributed by atoms with Crippen molar-refractivity contribution in [1.82, 2.24) is 0 Å². The monoisotopic (exact) mass is 218 g/mol. The number of hydrogen-bond donors (Lipinski definition) is 0. The predicted octanol–water partition coefficient (Wildman–Crippen LogP) is 3.18. The van der Waals surface area contributed by atoms with Gasteiger partial charge in [-0.1, -0.05) is 0 Å². The highest BCUT2D eigenvalue weighted by molar-refractivity contribution is 6.49. The van der Waals surface area contributed by atoms with Crippen molar-refractivity contribution in [1.29, 1.82) is 0 Å². The van der Waals surface area contributed by atoms with E-state index in [2.05, 4.69) is 0 Å². The zero-order valence-electron chi connectivity index (χ0n) is 7.88. The summed E-state index contributed by atoms with van der Waals surface area (Å²) in [4.78, 5) is 2.03. The molecule has 4 heteroatoms. The second kappa shape index (κ2) is 4.07. The minimum Gasteiger partial charge on any atom is -0.378 e. The van der Waals surface area contributed by atoms with Crippen molar-refractivity contribution in [3.63, 3.8) is 0 Å². The van der Waals surface area contributed by atoms with Gasteiger partial charge < -0.3 is 4.90 Å². The summed E-state index contributed by atoms with van der Waals surface area (Å²) in [6.07, 6.45) is 0. The number of nitrogens with zero attached hydrogens (tertiary/aromatic N) is 2. The third-order valence-corrected chi connectivity index (χ3v) is 2.24. The van der Waals surface area contributed by atoms with Gasteiger partial charge in [0.05, 0.1) is 5.69 Å². The van der Waals surface area contributed by atoms with Crippen LogP contribution in [0.2, 0.25) is 0 Å². The van der Waals surface area contributed by atoms with Crippen molar-refractivity contribution in [3.8, 4) is 0 Å². The van der Waals surface area contributed by atoms with Gasteiger partial charge in [0.2, 0.25) is 0 Å². The molecule has 0 radical (unpaired) electrons. The van der Waals surface area contributed by atoms with Crippen LogP contribution in [0.15, 0.2) is 18.2 Å². The maximum Gasteiger partial charge on any atom is 0.0740 e. The van der Waals surface area contributed by atoms with E-state index < -0.39 is 0 Å². The fraction of sp³-hybridized carbons (Fsp3) is 0.333. The smallest absolute Gasteiger partial charge is 0.0740 e. The summed E-state index contributed by atoms with van der Waals surface area (Å²) in [5, 5.41) is 0. The fourth-order valence-electron chi connectivity index (χ4n) is 1.11. The second-order valence-corrected chi connectivity index (χ2v) is 3.95. The molecule has 1 aromatic carbocycles. The maximum atomic E-state index is 5.63. The van der Waals surface area contributed by atoms with Crippen molar-refractivity contribution < 1.29 is 0 Å². The van der Waals surface area contributed by atoms with Gasteiger partial charge in [0.15, 0.2) is 0 Å². The SMILES string of the molecule is Cc1cc(N(C)C)ccc1N(Cl)Cl. The molecular formula is C9H12Cl2N2. The molecule has 0 heterocycles. The molecule has 0 atom stereocenters. The Bertz CT molecular complexity index is 298. The second-order valence-electron chi connectivity index (χ2n) is 3.10. The minimum atomic E-state index is 0.814. The Hall–Kier alpha value is -0.600. The van der Waals surface area contributed by atoms with Crippen LogP contribution in [0.5, 0.6) is 0 Å². The van der Waals surface area contributed by atoms with Crippen molar-refractivity contribution in [2.24, 2.45) is 0 Å². The number of anilines is 2. The zero-order valence-corrected chi connectivity index (χ0v) is 9.39. The summed E-state index contributed by atoms with van der Waals surface area (Å²) in [5.74, 6) is 0. The molecule has 0 aliphatic heterocycles. The lowest BCUT2D eigenvalue weighted by molar-refractivity contribution is 1.13. The number of rotatable bonds is 2. The summed E-state index contributed by atoms with van der Waals surface area (Å²) >= 11 is 11.3. The average Bonchev–Trinajstić information content (AvgIpc) is 2.03. The van der Waals surface area contributed by atoms with Gasteiger partial charge in [-0.05, 0) is 30.7 Å². The molecule has 0 unspecified atom stereocenters. The van der Waals surface area contributed by atoms with E-state index in [1.807, 2.05) is 44.1 Å². The predicted molar refractivity (Wildman–Crippen MR) is 59.7 cm³/mol. The van der Waals surface area contributed by atoms with Crippen LogP contribution in [-0.4, -0.2) is 14.1 Å². The first-order valence-electron chi connectivity index (χ1n) is 3.92. The molecule has 0 N–H and O–H groups in total. The Morgan fingerprint density at radius 3 is 2.15 bits per heavy atom. The molecule has 0 aliphatic carbocycles. The zero-order chi connectivity index (χ0) is 10.0. The third kappa shape index (κ3) is 2.42. The summed E-state index contributed by atoms with van der Waals surface area (Å²) in [7, 11) is 3.99. The molecule has 13 heavy (non-hydrogen) atoms. The van der Waals surface area contributed by atoms with Crippen LogP contribution in [0.3, 0.4) is 0 Å². The number of benzene rings is 1. The lowest BCUT2D eigenvalue weighted by Gasteiger charge is -2.16. The van der Waals surface area contributed by atoms with Crippen LogP contribution in [0.25, 0.3) is 0 Å². The fourth-order valence-corrected chi connectivity index (χ4v) is 1.49. The average molecular weight is 219 g/mol. The first kappa shape index (κ1) is 10.5. The van der Waals surface area contributed by atoms with Gasteiger partial charge in [0, 0.05) is 43.3 Å². The van der Waals surface area contributed by atoms with E-state index in [4.69, 9.17) is 23.6 Å². The number of aryl methyl sites for hydroxylation is 1. The number of hydrogen-bond acceptors (Lipinski definition) is 2. The summed E-state index contributed by atoms with van der Waals surface area (Å²) in [6.45, 7) is 1.97. The summed E-state index contributed by atoms with van der Waals surface area (Å²) in [6, 6.07) is 5.90. The Balaban J connectivity index is 3.06. The molecule has 2 nitrogen and oxygen atoms in total. The molecule has 1 aromatic rings. The van der Waals surface area contributed by atoms with E-state index in [1.165, 1.54) is 0 Å². The highest BCUT2D eigenvalue weighted by Crippen LogP contribution is 2.27. The number of halogens is 2. The van der Waals surface area contributed by atoms with Crippen LogP contribution in [0.1, 0.15) is 5.56 Å². The van der Waals surface area contributed by atoms with Crippen molar-refractivity contribution in [3.05, 3.63) is 23.8 Å². The van der Waals surface area contributed by atoms with Crippen LogP contribution in [0.4, 0.5) is 11.4 Å². The maximum absolute atomic E-state index is 5.63. The molecule has 0 saturated heterocycles.